The highest BCUT2D eigenvalue weighted by Gasteiger charge is 2.32. The molecule has 0 aliphatic carbocycles. The minimum absolute atomic E-state index is 0.0154. The number of piperidine rings is 1. The largest absolute Gasteiger partial charge is 0.504 e. The van der Waals surface area contributed by atoms with Gasteiger partial charge in [-0.3, -0.25) is 4.90 Å². The molecule has 1 saturated heterocycles. The molecule has 2 aromatic rings. The summed E-state index contributed by atoms with van der Waals surface area (Å²) in [4.78, 5) is 2.35. The van der Waals surface area contributed by atoms with Crippen molar-refractivity contribution in [2.24, 2.45) is 0 Å². The average molecular weight is 474 g/mol. The number of halogens is 4. The smallest absolute Gasteiger partial charge is 0.299 e. The van der Waals surface area contributed by atoms with Gasteiger partial charge in [0, 0.05) is 28.1 Å². The number of likely N-dealkylation sites (tertiary alicyclic amines) is 1. The molecule has 0 N–H and O–H groups in total. The second-order valence-corrected chi connectivity index (χ2v) is 8.86. The summed E-state index contributed by atoms with van der Waals surface area (Å²) < 4.78 is 38.0. The predicted molar refractivity (Wildman–Crippen MR) is 100 cm³/mol. The number of nitrogens with zero attached hydrogens (tertiary/aromatic N) is 4. The van der Waals surface area contributed by atoms with Crippen LogP contribution < -0.4 is 0 Å². The van der Waals surface area contributed by atoms with Crippen molar-refractivity contribution in [2.75, 3.05) is 13.1 Å². The first-order chi connectivity index (χ1) is 12.3. The van der Waals surface area contributed by atoms with Gasteiger partial charge in [0.15, 0.2) is 0 Å². The maximum absolute atomic E-state index is 12.6. The van der Waals surface area contributed by atoms with Gasteiger partial charge in [-0.2, -0.15) is 15.0 Å². The molecule has 0 unspecified atom stereocenters. The summed E-state index contributed by atoms with van der Waals surface area (Å²) in [5.74, 6) is 0. The van der Waals surface area contributed by atoms with E-state index in [0.29, 0.717) is 17.7 Å². The molecular formula is C18H18F3IN4. The van der Waals surface area contributed by atoms with Crippen LogP contribution >= 0.6 is 22.6 Å². The minimum atomic E-state index is -4.49. The van der Waals surface area contributed by atoms with E-state index in [1.165, 1.54) is 6.07 Å². The zero-order chi connectivity index (χ0) is 18.8. The summed E-state index contributed by atoms with van der Waals surface area (Å²) in [5.41, 5.74) is 2.08. The van der Waals surface area contributed by atoms with Crippen LogP contribution in [-0.2, 0) is 12.8 Å². The highest BCUT2D eigenvalue weighted by atomic mass is 127. The van der Waals surface area contributed by atoms with E-state index < -0.39 is 6.30 Å². The van der Waals surface area contributed by atoms with E-state index in [1.807, 2.05) is 12.1 Å². The molecule has 0 saturated carbocycles. The van der Waals surface area contributed by atoms with Crippen molar-refractivity contribution in [3.63, 3.8) is 0 Å². The second-order valence-electron chi connectivity index (χ2n) is 6.57. The predicted octanol–water partition coefficient (Wildman–Crippen LogP) is 4.71. The van der Waals surface area contributed by atoms with Crippen molar-refractivity contribution in [3.05, 3.63) is 42.1 Å². The zero-order valence-corrected chi connectivity index (χ0v) is 16.2. The monoisotopic (exact) mass is 474 g/mol. The first kappa shape index (κ1) is 19.2. The Balaban J connectivity index is 1.60. The molecule has 2 heterocycles. The van der Waals surface area contributed by atoms with Crippen LogP contribution in [0.2, 0.25) is 0 Å². The van der Waals surface area contributed by atoms with Crippen LogP contribution in [0.5, 0.6) is 0 Å². The topological polar surface area (TPSA) is 44.9 Å². The molecule has 1 aromatic heterocycles. The Morgan fingerprint density at radius 3 is 2.35 bits per heavy atom. The van der Waals surface area contributed by atoms with Gasteiger partial charge in [0.1, 0.15) is 0 Å². The van der Waals surface area contributed by atoms with E-state index in [0.717, 1.165) is 44.2 Å². The Hall–Kier alpha value is -1.60. The highest BCUT2D eigenvalue weighted by molar-refractivity contribution is 14.1. The fourth-order valence-corrected chi connectivity index (χ4v) is 3.74. The Labute approximate surface area is 163 Å². The molecule has 8 heteroatoms. The van der Waals surface area contributed by atoms with Gasteiger partial charge in [-0.1, -0.05) is 46.9 Å². The normalized spacial score (nSPS) is 17.8. The molecular weight excluding hydrogens is 456 g/mol. The summed E-state index contributed by atoms with van der Waals surface area (Å²) in [7, 11) is 0. The van der Waals surface area contributed by atoms with E-state index in [-0.39, 0.29) is 8.10 Å². The Morgan fingerprint density at radius 2 is 1.81 bits per heavy atom. The molecule has 0 spiro atoms. The molecule has 0 amide bonds. The maximum Gasteiger partial charge on any atom is 0.504 e. The van der Waals surface area contributed by atoms with Crippen molar-refractivity contribution in [2.45, 2.75) is 35.5 Å². The van der Waals surface area contributed by atoms with Crippen LogP contribution in [0.1, 0.15) is 24.8 Å². The van der Waals surface area contributed by atoms with E-state index in [9.17, 15) is 13.2 Å². The molecule has 1 fully saturated rings. The van der Waals surface area contributed by atoms with Gasteiger partial charge in [-0.25, -0.2) is 0 Å². The lowest BCUT2D eigenvalue weighted by molar-refractivity contribution is -0.212. The van der Waals surface area contributed by atoms with Gasteiger partial charge < -0.3 is 0 Å². The fourth-order valence-electron chi connectivity index (χ4n) is 3.09. The average Bonchev–Trinajstić information content (AvgIpc) is 3.08. The van der Waals surface area contributed by atoms with Crippen LogP contribution in [0.4, 0.5) is 13.2 Å². The molecule has 0 bridgehead atoms. The van der Waals surface area contributed by atoms with E-state index in [4.69, 9.17) is 5.26 Å². The number of benzene rings is 1. The van der Waals surface area contributed by atoms with Crippen molar-refractivity contribution >= 4 is 22.6 Å². The number of nitriles is 1. The Kier molecular flexibility index (Phi) is 5.58. The maximum atomic E-state index is 12.6. The van der Waals surface area contributed by atoms with Gasteiger partial charge in [-0.15, -0.1) is 13.2 Å². The summed E-state index contributed by atoms with van der Waals surface area (Å²) in [6.07, 6.45) is -0.997. The number of hydrogen-bond donors (Lipinski definition) is 0. The molecule has 1 aromatic carbocycles. The lowest BCUT2D eigenvalue weighted by atomic mass is 9.93. The third kappa shape index (κ3) is 4.57. The van der Waals surface area contributed by atoms with Crippen molar-refractivity contribution in [1.82, 2.24) is 14.7 Å². The number of aromatic nitrogens is 2. The van der Waals surface area contributed by atoms with Gasteiger partial charge in [0.2, 0.25) is 0 Å². The quantitative estimate of drug-likeness (QED) is 0.477. The lowest BCUT2D eigenvalue weighted by Crippen LogP contribution is -2.40. The number of rotatable bonds is 4. The fraction of sp³-hybridized carbons (Fsp3) is 0.444. The van der Waals surface area contributed by atoms with Crippen LogP contribution in [-0.4, -0.2) is 31.2 Å². The summed E-state index contributed by atoms with van der Waals surface area (Å²) in [5, 5.41) is 12.5. The Bertz CT molecular complexity index is 784. The van der Waals surface area contributed by atoms with Crippen LogP contribution in [0.25, 0.3) is 11.3 Å². The summed E-state index contributed by atoms with van der Waals surface area (Å²) in [6, 6.07) is 11.1. The first-order valence-corrected chi connectivity index (χ1v) is 9.37. The molecule has 3 rings (SSSR count). The molecule has 0 radical (unpaired) electrons. The third-order valence-corrected chi connectivity index (χ3v) is 6.11. The molecule has 4 nitrogen and oxygen atoms in total. The van der Waals surface area contributed by atoms with Crippen molar-refractivity contribution < 1.29 is 13.2 Å². The van der Waals surface area contributed by atoms with Crippen LogP contribution in [0.15, 0.2) is 36.5 Å². The summed E-state index contributed by atoms with van der Waals surface area (Å²) >= 11 is 2.41. The van der Waals surface area contributed by atoms with Gasteiger partial charge >= 0.3 is 6.30 Å². The van der Waals surface area contributed by atoms with E-state index in [1.54, 1.807) is 12.1 Å². The van der Waals surface area contributed by atoms with E-state index >= 15 is 0 Å². The number of hydrogen-bond acceptors (Lipinski definition) is 3. The second kappa shape index (κ2) is 7.56. The van der Waals surface area contributed by atoms with Gasteiger partial charge in [-0.05, 0) is 37.6 Å². The third-order valence-electron chi connectivity index (χ3n) is 4.65. The lowest BCUT2D eigenvalue weighted by Gasteiger charge is -2.36. The molecule has 1 aliphatic heterocycles. The van der Waals surface area contributed by atoms with Crippen LogP contribution in [0.3, 0.4) is 0 Å². The summed E-state index contributed by atoms with van der Waals surface area (Å²) in [6.45, 7) is 2.70. The zero-order valence-electron chi connectivity index (χ0n) is 14.0. The molecule has 0 atom stereocenters. The standard InChI is InChI=1S/C18H18F3IN4/c19-18(20,21)26-10-5-16(24-26)15-3-1-14(2-4-15)13-25-11-7-17(22,6-9-23)8-12-25/h1-5,10H,6-8,11-13H2. The molecule has 26 heavy (non-hydrogen) atoms. The first-order valence-electron chi connectivity index (χ1n) is 8.29. The van der Waals surface area contributed by atoms with Crippen LogP contribution in [0, 0.1) is 11.3 Å². The van der Waals surface area contributed by atoms with Gasteiger partial charge in [0.25, 0.3) is 0 Å². The van der Waals surface area contributed by atoms with Gasteiger partial charge in [0.05, 0.1) is 11.8 Å². The van der Waals surface area contributed by atoms with Crippen molar-refractivity contribution in [1.29, 1.82) is 5.26 Å². The minimum Gasteiger partial charge on any atom is -0.299 e. The van der Waals surface area contributed by atoms with Crippen molar-refractivity contribution in [3.8, 4) is 17.3 Å². The van der Waals surface area contributed by atoms with E-state index in [2.05, 4.69) is 38.7 Å². The molecule has 1 aliphatic rings. The number of alkyl halides is 4. The highest BCUT2D eigenvalue weighted by Crippen LogP contribution is 2.35. The SMILES string of the molecule is N#CCC1(I)CCN(Cc2ccc(-c3ccn(C(F)(F)F)n3)cc2)CC1. The molecule has 138 valence electrons. The Morgan fingerprint density at radius 1 is 1.15 bits per heavy atom.